The van der Waals surface area contributed by atoms with E-state index >= 15 is 0 Å². The van der Waals surface area contributed by atoms with E-state index in [9.17, 15) is 9.59 Å². The van der Waals surface area contributed by atoms with Crippen LogP contribution in [0.15, 0.2) is 72.3 Å². The number of hydrogen-bond acceptors (Lipinski definition) is 4. The molecule has 1 heterocycles. The molecule has 4 heteroatoms. The molecule has 0 N–H and O–H groups in total. The number of benzene rings is 2. The topological polar surface area (TPSA) is 52.6 Å². The molecule has 0 saturated carbocycles. The highest BCUT2D eigenvalue weighted by Crippen LogP contribution is 2.52. The van der Waals surface area contributed by atoms with Crippen molar-refractivity contribution in [3.05, 3.63) is 83.4 Å². The van der Waals surface area contributed by atoms with E-state index in [0.29, 0.717) is 6.42 Å². The van der Waals surface area contributed by atoms with Gasteiger partial charge in [0.05, 0.1) is 11.8 Å². The van der Waals surface area contributed by atoms with E-state index in [1.807, 2.05) is 48.5 Å². The summed E-state index contributed by atoms with van der Waals surface area (Å²) in [5, 5.41) is 0. The summed E-state index contributed by atoms with van der Waals surface area (Å²) in [5.41, 5.74) is 2.53. The van der Waals surface area contributed by atoms with Gasteiger partial charge in [-0.05, 0) is 48.3 Å². The van der Waals surface area contributed by atoms with Gasteiger partial charge in [-0.25, -0.2) is 0 Å². The van der Waals surface area contributed by atoms with Gasteiger partial charge in [0, 0.05) is 0 Å². The zero-order chi connectivity index (χ0) is 21.0. The van der Waals surface area contributed by atoms with E-state index in [-0.39, 0.29) is 30.9 Å². The molecule has 2 unspecified atom stereocenters. The Hall–Kier alpha value is -2.88. The first-order valence-corrected chi connectivity index (χ1v) is 10.7. The lowest BCUT2D eigenvalue weighted by Crippen LogP contribution is -2.32. The van der Waals surface area contributed by atoms with Gasteiger partial charge >= 0.3 is 11.9 Å². The molecule has 30 heavy (non-hydrogen) atoms. The predicted molar refractivity (Wildman–Crippen MR) is 115 cm³/mol. The van der Waals surface area contributed by atoms with Crippen LogP contribution in [0.5, 0.6) is 0 Å². The van der Waals surface area contributed by atoms with E-state index in [4.69, 9.17) is 9.47 Å². The van der Waals surface area contributed by atoms with Gasteiger partial charge in [0.2, 0.25) is 0 Å². The fraction of sp³-hybridized carbons (Fsp3) is 0.385. The predicted octanol–water partition coefficient (Wildman–Crippen LogP) is 5.34. The monoisotopic (exact) mass is 404 g/mol. The van der Waals surface area contributed by atoms with Crippen molar-refractivity contribution in [1.82, 2.24) is 0 Å². The molecule has 2 aromatic rings. The second-order valence-electron chi connectivity index (χ2n) is 8.39. The van der Waals surface area contributed by atoms with Crippen LogP contribution in [0.1, 0.15) is 56.1 Å². The van der Waals surface area contributed by atoms with Crippen LogP contribution in [0.4, 0.5) is 0 Å². The molecule has 0 amide bonds. The van der Waals surface area contributed by atoms with Gasteiger partial charge in [0.25, 0.3) is 0 Å². The van der Waals surface area contributed by atoms with Crippen LogP contribution in [-0.4, -0.2) is 18.0 Å². The molecule has 2 aromatic carbocycles. The first-order valence-electron chi connectivity index (χ1n) is 10.7. The van der Waals surface area contributed by atoms with Crippen LogP contribution >= 0.6 is 0 Å². The first-order chi connectivity index (χ1) is 14.6. The number of hydrogen-bond donors (Lipinski definition) is 0. The number of esters is 2. The summed E-state index contributed by atoms with van der Waals surface area (Å²) in [6.45, 7) is 2.39. The Morgan fingerprint density at radius 2 is 1.83 bits per heavy atom. The third kappa shape index (κ3) is 4.18. The van der Waals surface area contributed by atoms with Gasteiger partial charge < -0.3 is 9.47 Å². The summed E-state index contributed by atoms with van der Waals surface area (Å²) in [6, 6.07) is 19.9. The molecular formula is C26H28O4. The summed E-state index contributed by atoms with van der Waals surface area (Å²) in [7, 11) is 0. The summed E-state index contributed by atoms with van der Waals surface area (Å²) in [4.78, 5) is 25.5. The molecule has 1 aliphatic heterocycles. The molecule has 0 aromatic heterocycles. The van der Waals surface area contributed by atoms with Crippen molar-refractivity contribution in [1.29, 1.82) is 0 Å². The Bertz CT molecular complexity index is 919. The number of cyclic esters (lactones) is 1. The second kappa shape index (κ2) is 8.86. The largest absolute Gasteiger partial charge is 0.461 e. The average molecular weight is 405 g/mol. The fourth-order valence-electron chi connectivity index (χ4n) is 4.79. The van der Waals surface area contributed by atoms with Gasteiger partial charge in [-0.3, -0.25) is 9.59 Å². The fourth-order valence-corrected chi connectivity index (χ4v) is 4.79. The lowest BCUT2D eigenvalue weighted by molar-refractivity contribution is -0.153. The maximum atomic E-state index is 13.1. The van der Waals surface area contributed by atoms with Crippen molar-refractivity contribution < 1.29 is 19.1 Å². The van der Waals surface area contributed by atoms with Crippen LogP contribution in [0, 0.1) is 5.41 Å². The second-order valence-corrected chi connectivity index (χ2v) is 8.39. The number of carbonyl (C=O) groups is 2. The molecule has 4 nitrogen and oxygen atoms in total. The van der Waals surface area contributed by atoms with Gasteiger partial charge in [-0.15, -0.1) is 0 Å². The highest BCUT2D eigenvalue weighted by Gasteiger charge is 2.54. The zero-order valence-electron chi connectivity index (χ0n) is 17.4. The summed E-state index contributed by atoms with van der Waals surface area (Å²) in [5.74, 6) is -0.295. The van der Waals surface area contributed by atoms with E-state index in [2.05, 4.69) is 25.1 Å². The van der Waals surface area contributed by atoms with Crippen LogP contribution in [0.2, 0.25) is 0 Å². The minimum atomic E-state index is -0.613. The van der Waals surface area contributed by atoms with E-state index in [1.165, 1.54) is 5.56 Å². The van der Waals surface area contributed by atoms with Gasteiger partial charge in [-0.1, -0.05) is 73.7 Å². The van der Waals surface area contributed by atoms with Crippen LogP contribution < -0.4 is 0 Å². The molecular weight excluding hydrogens is 376 g/mol. The van der Waals surface area contributed by atoms with Crippen molar-refractivity contribution in [2.45, 2.75) is 57.7 Å². The van der Waals surface area contributed by atoms with Gasteiger partial charge in [0.1, 0.15) is 12.7 Å². The van der Waals surface area contributed by atoms with Crippen molar-refractivity contribution in [3.8, 4) is 0 Å². The van der Waals surface area contributed by atoms with Crippen molar-refractivity contribution in [2.24, 2.45) is 5.41 Å². The van der Waals surface area contributed by atoms with Crippen LogP contribution in [0.3, 0.4) is 0 Å². The highest BCUT2D eigenvalue weighted by atomic mass is 16.6. The Morgan fingerprint density at radius 1 is 1.13 bits per heavy atom. The van der Waals surface area contributed by atoms with Crippen LogP contribution in [0.25, 0.3) is 0 Å². The Kier molecular flexibility index (Phi) is 6.03. The smallest absolute Gasteiger partial charge is 0.316 e. The minimum Gasteiger partial charge on any atom is -0.461 e. The molecule has 156 valence electrons. The van der Waals surface area contributed by atoms with Crippen LogP contribution in [-0.2, 0) is 25.7 Å². The molecule has 0 bridgehead atoms. The Balaban J connectivity index is 1.45. The lowest BCUT2D eigenvalue weighted by Gasteiger charge is -2.33. The molecule has 3 atom stereocenters. The number of rotatable bonds is 7. The third-order valence-electron chi connectivity index (χ3n) is 6.33. The van der Waals surface area contributed by atoms with Crippen molar-refractivity contribution in [3.63, 3.8) is 0 Å². The Labute approximate surface area is 177 Å². The number of carbonyl (C=O) groups excluding carboxylic acids is 2. The minimum absolute atomic E-state index is 0.0753. The summed E-state index contributed by atoms with van der Waals surface area (Å²) in [6.07, 6.45) is 5.06. The zero-order valence-corrected chi connectivity index (χ0v) is 17.4. The third-order valence-corrected chi connectivity index (χ3v) is 6.33. The quantitative estimate of drug-likeness (QED) is 0.462. The lowest BCUT2D eigenvalue weighted by atomic mass is 9.66. The van der Waals surface area contributed by atoms with E-state index in [0.717, 1.165) is 30.4 Å². The molecule has 4 rings (SSSR count). The van der Waals surface area contributed by atoms with Gasteiger partial charge in [-0.2, -0.15) is 0 Å². The molecule has 0 spiro atoms. The SMILES string of the molecule is CC(CC12CCCC=C1[C@@H](CC(=O)OCc1ccccc1)OC2=O)c1ccccc1. The molecule has 0 radical (unpaired) electrons. The summed E-state index contributed by atoms with van der Waals surface area (Å²) < 4.78 is 11.2. The van der Waals surface area contributed by atoms with E-state index in [1.54, 1.807) is 0 Å². The maximum Gasteiger partial charge on any atom is 0.316 e. The average Bonchev–Trinajstić information content (AvgIpc) is 3.05. The van der Waals surface area contributed by atoms with Crippen molar-refractivity contribution >= 4 is 11.9 Å². The summed E-state index contributed by atoms with van der Waals surface area (Å²) >= 11 is 0. The Morgan fingerprint density at radius 3 is 2.57 bits per heavy atom. The van der Waals surface area contributed by atoms with E-state index < -0.39 is 11.5 Å². The van der Waals surface area contributed by atoms with Gasteiger partial charge in [0.15, 0.2) is 0 Å². The maximum absolute atomic E-state index is 13.1. The standard InChI is InChI=1S/C26H28O4/c1-19(21-12-6-3-7-13-21)17-26-15-9-8-14-22(26)23(30-25(26)28)16-24(27)29-18-20-10-4-2-5-11-20/h2-7,10-14,19,23H,8-9,15-18H2,1H3/t19?,23-,26?/m1/s1. The molecule has 1 fully saturated rings. The molecule has 1 saturated heterocycles. The van der Waals surface area contributed by atoms with Crippen molar-refractivity contribution in [2.75, 3.05) is 0 Å². The molecule has 2 aliphatic rings. The number of allylic oxidation sites excluding steroid dienone is 1. The number of fused-ring (bicyclic) bond motifs is 1. The normalized spacial score (nSPS) is 23.8. The number of ether oxygens (including phenoxy) is 2. The first kappa shape index (κ1) is 20.4. The highest BCUT2D eigenvalue weighted by molar-refractivity contribution is 5.86. The molecule has 1 aliphatic carbocycles.